The van der Waals surface area contributed by atoms with E-state index in [1.54, 1.807) is 35.2 Å². The highest BCUT2D eigenvalue weighted by Crippen LogP contribution is 2.30. The van der Waals surface area contributed by atoms with E-state index in [9.17, 15) is 13.2 Å². The van der Waals surface area contributed by atoms with E-state index in [4.69, 9.17) is 0 Å². The second-order valence-electron chi connectivity index (χ2n) is 7.51. The number of sulfonamides is 1. The van der Waals surface area contributed by atoms with E-state index in [0.717, 1.165) is 13.1 Å². The number of piperazine rings is 1. The first-order chi connectivity index (χ1) is 13.4. The van der Waals surface area contributed by atoms with Crippen LogP contribution in [-0.2, 0) is 14.8 Å². The highest BCUT2D eigenvalue weighted by Gasteiger charge is 2.50. The molecule has 2 aromatic carbocycles. The van der Waals surface area contributed by atoms with Crippen LogP contribution in [0, 0.1) is 13.8 Å². The number of rotatable bonds is 4. The standard InChI is InChI=1S/C21H25N3O3S/c1-16-8-9-17(2)19(14-16)22-10-12-23(13-11-22)21(25)20-15-24(20)28(26,27)18-6-4-3-5-7-18/h3-9,14,20H,10-13,15H2,1-2H3/t20-,24-/m0/s1. The number of hydrogen-bond acceptors (Lipinski definition) is 4. The van der Waals surface area contributed by atoms with Crippen LogP contribution in [0.1, 0.15) is 11.1 Å². The summed E-state index contributed by atoms with van der Waals surface area (Å²) in [5, 5.41) is 0. The van der Waals surface area contributed by atoms with Gasteiger partial charge in [0.15, 0.2) is 0 Å². The molecule has 0 saturated carbocycles. The number of nitrogens with zero attached hydrogens (tertiary/aromatic N) is 3. The van der Waals surface area contributed by atoms with E-state index in [1.807, 2.05) is 0 Å². The maximum Gasteiger partial charge on any atom is 0.243 e. The maximum atomic E-state index is 12.8. The first-order valence-electron chi connectivity index (χ1n) is 9.56. The molecule has 2 heterocycles. The van der Waals surface area contributed by atoms with Crippen LogP contribution in [0.5, 0.6) is 0 Å². The van der Waals surface area contributed by atoms with Crippen molar-refractivity contribution < 1.29 is 13.2 Å². The molecule has 0 bridgehead atoms. The lowest BCUT2D eigenvalue weighted by molar-refractivity contribution is -0.131. The molecule has 1 amide bonds. The lowest BCUT2D eigenvalue weighted by Gasteiger charge is -2.37. The van der Waals surface area contributed by atoms with Crippen molar-refractivity contribution in [3.05, 3.63) is 59.7 Å². The fourth-order valence-electron chi connectivity index (χ4n) is 3.76. The van der Waals surface area contributed by atoms with Crippen molar-refractivity contribution in [1.29, 1.82) is 0 Å². The monoisotopic (exact) mass is 399 g/mol. The van der Waals surface area contributed by atoms with Gasteiger partial charge in [0, 0.05) is 38.4 Å². The average Bonchev–Trinajstić information content (AvgIpc) is 3.52. The molecule has 0 spiro atoms. The molecule has 0 radical (unpaired) electrons. The molecule has 2 aliphatic rings. The van der Waals surface area contributed by atoms with Crippen molar-refractivity contribution in [2.24, 2.45) is 0 Å². The van der Waals surface area contributed by atoms with E-state index >= 15 is 0 Å². The lowest BCUT2D eigenvalue weighted by Crippen LogP contribution is -2.50. The van der Waals surface area contributed by atoms with E-state index in [2.05, 4.69) is 36.9 Å². The minimum atomic E-state index is -3.59. The predicted octanol–water partition coefficient (Wildman–Crippen LogP) is 2.03. The summed E-state index contributed by atoms with van der Waals surface area (Å²) in [4.78, 5) is 17.2. The molecule has 2 fully saturated rings. The Morgan fingerprint density at radius 1 is 0.964 bits per heavy atom. The molecule has 0 aliphatic carbocycles. The summed E-state index contributed by atoms with van der Waals surface area (Å²) in [7, 11) is -3.59. The van der Waals surface area contributed by atoms with Gasteiger partial charge in [-0.1, -0.05) is 30.3 Å². The summed E-state index contributed by atoms with van der Waals surface area (Å²) in [5.41, 5.74) is 3.67. The molecule has 2 atom stereocenters. The van der Waals surface area contributed by atoms with E-state index < -0.39 is 16.1 Å². The summed E-state index contributed by atoms with van der Waals surface area (Å²) >= 11 is 0. The highest BCUT2D eigenvalue weighted by atomic mass is 32.2. The molecule has 0 unspecified atom stereocenters. The van der Waals surface area contributed by atoms with Crippen LogP contribution in [-0.4, -0.2) is 62.3 Å². The molecule has 2 aromatic rings. The van der Waals surface area contributed by atoms with Gasteiger partial charge in [0.25, 0.3) is 0 Å². The normalized spacial score (nSPS) is 22.2. The molecular formula is C21H25N3O3S. The Balaban J connectivity index is 1.38. The summed E-state index contributed by atoms with van der Waals surface area (Å²) in [6.07, 6.45) is 0. The molecular weight excluding hydrogens is 374 g/mol. The SMILES string of the molecule is Cc1ccc(C)c(N2CCN(C(=O)[C@@H]3C[N@]3S(=O)(=O)c3ccccc3)CC2)c1. The second kappa shape index (κ2) is 7.22. The summed E-state index contributed by atoms with van der Waals surface area (Å²) < 4.78 is 26.6. The summed E-state index contributed by atoms with van der Waals surface area (Å²) in [5.74, 6) is -0.0832. The smallest absolute Gasteiger partial charge is 0.243 e. The highest BCUT2D eigenvalue weighted by molar-refractivity contribution is 7.89. The Morgan fingerprint density at radius 3 is 2.32 bits per heavy atom. The fraction of sp³-hybridized carbons (Fsp3) is 0.381. The third-order valence-corrected chi connectivity index (χ3v) is 7.39. The third kappa shape index (κ3) is 3.52. The number of aryl methyl sites for hydroxylation is 2. The Bertz CT molecular complexity index is 983. The van der Waals surface area contributed by atoms with Crippen molar-refractivity contribution in [2.75, 3.05) is 37.6 Å². The number of amides is 1. The number of carbonyl (C=O) groups is 1. The molecule has 2 aliphatic heterocycles. The summed E-state index contributed by atoms with van der Waals surface area (Å²) in [6.45, 7) is 7.19. The Kier molecular flexibility index (Phi) is 4.89. The molecule has 6 nitrogen and oxygen atoms in total. The van der Waals surface area contributed by atoms with Crippen LogP contribution in [0.2, 0.25) is 0 Å². The van der Waals surface area contributed by atoms with Crippen molar-refractivity contribution in [2.45, 2.75) is 24.8 Å². The minimum absolute atomic E-state index is 0.0832. The predicted molar refractivity (Wildman–Crippen MR) is 109 cm³/mol. The van der Waals surface area contributed by atoms with Gasteiger partial charge in [0.1, 0.15) is 6.04 Å². The second-order valence-corrected chi connectivity index (χ2v) is 9.40. The van der Waals surface area contributed by atoms with Crippen molar-refractivity contribution in [3.63, 3.8) is 0 Å². The van der Waals surface area contributed by atoms with Crippen LogP contribution in [0.3, 0.4) is 0 Å². The van der Waals surface area contributed by atoms with Gasteiger partial charge in [-0.2, -0.15) is 4.31 Å². The van der Waals surface area contributed by atoms with Crippen molar-refractivity contribution in [3.8, 4) is 0 Å². The van der Waals surface area contributed by atoms with Gasteiger partial charge in [0.2, 0.25) is 15.9 Å². The van der Waals surface area contributed by atoms with Crippen LogP contribution >= 0.6 is 0 Å². The van der Waals surface area contributed by atoms with E-state index in [0.29, 0.717) is 13.1 Å². The summed E-state index contributed by atoms with van der Waals surface area (Å²) in [6, 6.07) is 14.2. The zero-order valence-corrected chi connectivity index (χ0v) is 17.0. The Hall–Kier alpha value is -2.38. The van der Waals surface area contributed by atoms with Gasteiger partial charge < -0.3 is 9.80 Å². The van der Waals surface area contributed by atoms with Crippen molar-refractivity contribution in [1.82, 2.24) is 9.21 Å². The van der Waals surface area contributed by atoms with Gasteiger partial charge in [-0.05, 0) is 43.2 Å². The molecule has 148 valence electrons. The number of anilines is 1. The van der Waals surface area contributed by atoms with Crippen molar-refractivity contribution >= 4 is 21.6 Å². The Morgan fingerprint density at radius 2 is 1.64 bits per heavy atom. The van der Waals surface area contributed by atoms with Crippen LogP contribution in [0.25, 0.3) is 0 Å². The zero-order valence-electron chi connectivity index (χ0n) is 16.2. The fourth-order valence-corrected chi connectivity index (χ4v) is 5.29. The quantitative estimate of drug-likeness (QED) is 0.738. The first-order valence-corrected chi connectivity index (χ1v) is 11.0. The van der Waals surface area contributed by atoms with Gasteiger partial charge >= 0.3 is 0 Å². The van der Waals surface area contributed by atoms with E-state index in [-0.39, 0.29) is 17.3 Å². The Labute approximate surface area is 166 Å². The molecule has 7 heteroatoms. The number of hydrogen-bond donors (Lipinski definition) is 0. The van der Waals surface area contributed by atoms with Crippen LogP contribution in [0.4, 0.5) is 5.69 Å². The largest absolute Gasteiger partial charge is 0.368 e. The average molecular weight is 400 g/mol. The molecule has 0 aromatic heterocycles. The molecule has 28 heavy (non-hydrogen) atoms. The van der Waals surface area contributed by atoms with Gasteiger partial charge in [0.05, 0.1) is 4.90 Å². The van der Waals surface area contributed by atoms with Gasteiger partial charge in [-0.25, -0.2) is 8.42 Å². The molecule has 2 saturated heterocycles. The van der Waals surface area contributed by atoms with E-state index in [1.165, 1.54) is 21.1 Å². The molecule has 4 rings (SSSR count). The van der Waals surface area contributed by atoms with Gasteiger partial charge in [-0.15, -0.1) is 0 Å². The lowest BCUT2D eigenvalue weighted by atomic mass is 10.1. The third-order valence-electron chi connectivity index (χ3n) is 5.50. The minimum Gasteiger partial charge on any atom is -0.368 e. The number of benzene rings is 2. The maximum absolute atomic E-state index is 12.8. The van der Waals surface area contributed by atoms with Crippen LogP contribution < -0.4 is 4.90 Å². The first kappa shape index (κ1) is 19.0. The molecule has 0 N–H and O–H groups in total. The zero-order chi connectivity index (χ0) is 19.9. The topological polar surface area (TPSA) is 60.7 Å². The number of carbonyl (C=O) groups excluding carboxylic acids is 1. The van der Waals surface area contributed by atoms with Gasteiger partial charge in [-0.3, -0.25) is 4.79 Å². The van der Waals surface area contributed by atoms with Crippen LogP contribution in [0.15, 0.2) is 53.4 Å².